The Morgan fingerprint density at radius 1 is 1.25 bits per heavy atom. The van der Waals surface area contributed by atoms with Crippen LogP contribution in [0.1, 0.15) is 31.2 Å². The maximum atomic E-state index is 12.5. The minimum atomic E-state index is -3.31. The van der Waals surface area contributed by atoms with Crippen molar-refractivity contribution in [1.82, 2.24) is 4.31 Å². The fourth-order valence-corrected chi connectivity index (χ4v) is 4.12. The lowest BCUT2D eigenvalue weighted by atomic mass is 9.93. The largest absolute Gasteiger partial charge is 0.243 e. The van der Waals surface area contributed by atoms with E-state index in [4.69, 9.17) is 0 Å². The summed E-state index contributed by atoms with van der Waals surface area (Å²) < 4.78 is 26.7. The topological polar surface area (TPSA) is 37.4 Å². The van der Waals surface area contributed by atoms with Gasteiger partial charge < -0.3 is 0 Å². The van der Waals surface area contributed by atoms with E-state index in [-0.39, 0.29) is 0 Å². The summed E-state index contributed by atoms with van der Waals surface area (Å²) in [6, 6.07) is 7.11. The summed E-state index contributed by atoms with van der Waals surface area (Å²) in [5, 5.41) is 0. The maximum absolute atomic E-state index is 12.5. The van der Waals surface area contributed by atoms with Gasteiger partial charge in [0.1, 0.15) is 0 Å². The molecule has 1 saturated heterocycles. The Kier molecular flexibility index (Phi) is 5.00. The summed E-state index contributed by atoms with van der Waals surface area (Å²) >= 11 is 0. The standard InChI is InChI=1S/C16H23NO2S/c1-3-4-5-15-10-12-17(13-11-15)20(18,19)16-8-6-14(2)7-9-16/h3,6-9,15H,1,4-5,10-13H2,2H3. The van der Waals surface area contributed by atoms with Crippen LogP contribution in [0.4, 0.5) is 0 Å². The van der Waals surface area contributed by atoms with Crippen molar-refractivity contribution in [2.75, 3.05) is 13.1 Å². The molecule has 0 radical (unpaired) electrons. The third-order valence-corrected chi connectivity index (χ3v) is 5.92. The molecule has 1 aromatic rings. The normalized spacial score (nSPS) is 18.1. The zero-order chi connectivity index (χ0) is 14.6. The van der Waals surface area contributed by atoms with E-state index in [1.54, 1.807) is 16.4 Å². The van der Waals surface area contributed by atoms with E-state index in [1.165, 1.54) is 0 Å². The second kappa shape index (κ2) is 6.55. The third-order valence-electron chi connectivity index (χ3n) is 4.01. The molecule has 1 heterocycles. The third kappa shape index (κ3) is 3.49. The fourth-order valence-electron chi connectivity index (χ4n) is 2.65. The van der Waals surface area contributed by atoms with Crippen LogP contribution in [0.3, 0.4) is 0 Å². The molecule has 0 aromatic heterocycles. The number of hydrogen-bond acceptors (Lipinski definition) is 2. The summed E-state index contributed by atoms with van der Waals surface area (Å²) in [4.78, 5) is 0.410. The second-order valence-electron chi connectivity index (χ2n) is 5.53. The van der Waals surface area contributed by atoms with Crippen molar-refractivity contribution in [1.29, 1.82) is 0 Å². The van der Waals surface area contributed by atoms with Gasteiger partial charge in [-0.25, -0.2) is 8.42 Å². The van der Waals surface area contributed by atoms with Crippen molar-refractivity contribution < 1.29 is 8.42 Å². The average Bonchev–Trinajstić information content (AvgIpc) is 2.46. The van der Waals surface area contributed by atoms with Crippen LogP contribution in [0.25, 0.3) is 0 Å². The Hall–Kier alpha value is -1.13. The van der Waals surface area contributed by atoms with Crippen molar-refractivity contribution in [3.8, 4) is 0 Å². The number of aryl methyl sites for hydroxylation is 1. The molecule has 110 valence electrons. The van der Waals surface area contributed by atoms with Crippen LogP contribution in [-0.2, 0) is 10.0 Å². The number of benzene rings is 1. The summed E-state index contributed by atoms with van der Waals surface area (Å²) in [6.45, 7) is 6.97. The molecule has 0 aliphatic carbocycles. The van der Waals surface area contributed by atoms with Crippen molar-refractivity contribution in [2.45, 2.75) is 37.5 Å². The molecule has 1 aromatic carbocycles. The zero-order valence-corrected chi connectivity index (χ0v) is 12.9. The number of rotatable bonds is 5. The van der Waals surface area contributed by atoms with Crippen molar-refractivity contribution in [2.24, 2.45) is 5.92 Å². The first-order valence-corrected chi connectivity index (χ1v) is 8.66. The average molecular weight is 293 g/mol. The molecule has 0 bridgehead atoms. The van der Waals surface area contributed by atoms with Crippen LogP contribution in [0.15, 0.2) is 41.8 Å². The van der Waals surface area contributed by atoms with Gasteiger partial charge in [-0.15, -0.1) is 6.58 Å². The molecule has 20 heavy (non-hydrogen) atoms. The van der Waals surface area contributed by atoms with E-state index < -0.39 is 10.0 Å². The first kappa shape index (κ1) is 15.3. The van der Waals surface area contributed by atoms with Gasteiger partial charge in [-0.3, -0.25) is 0 Å². The van der Waals surface area contributed by atoms with Gasteiger partial charge in [0, 0.05) is 13.1 Å². The number of hydrogen-bond donors (Lipinski definition) is 0. The van der Waals surface area contributed by atoms with Gasteiger partial charge in [-0.2, -0.15) is 4.31 Å². The predicted octanol–water partition coefficient (Wildman–Crippen LogP) is 3.36. The lowest BCUT2D eigenvalue weighted by Crippen LogP contribution is -2.38. The van der Waals surface area contributed by atoms with Gasteiger partial charge in [0.25, 0.3) is 0 Å². The van der Waals surface area contributed by atoms with E-state index in [1.807, 2.05) is 25.1 Å². The van der Waals surface area contributed by atoms with Crippen LogP contribution < -0.4 is 0 Å². The lowest BCUT2D eigenvalue weighted by molar-refractivity contribution is 0.264. The molecule has 3 nitrogen and oxygen atoms in total. The number of allylic oxidation sites excluding steroid dienone is 1. The molecular weight excluding hydrogens is 270 g/mol. The van der Waals surface area contributed by atoms with Gasteiger partial charge in [-0.05, 0) is 50.7 Å². The van der Waals surface area contributed by atoms with Crippen molar-refractivity contribution in [3.05, 3.63) is 42.5 Å². The summed E-state index contributed by atoms with van der Waals surface area (Å²) in [5.74, 6) is 0.637. The highest BCUT2D eigenvalue weighted by atomic mass is 32.2. The monoisotopic (exact) mass is 293 g/mol. The van der Waals surface area contributed by atoms with Crippen molar-refractivity contribution in [3.63, 3.8) is 0 Å². The zero-order valence-electron chi connectivity index (χ0n) is 12.1. The van der Waals surface area contributed by atoms with Gasteiger partial charge in [-0.1, -0.05) is 23.8 Å². The summed E-state index contributed by atoms with van der Waals surface area (Å²) in [5.41, 5.74) is 1.08. The SMILES string of the molecule is C=CCCC1CCN(S(=O)(=O)c2ccc(C)cc2)CC1. The van der Waals surface area contributed by atoms with E-state index in [0.717, 1.165) is 31.2 Å². The van der Waals surface area contributed by atoms with Crippen LogP contribution in [0, 0.1) is 12.8 Å². The van der Waals surface area contributed by atoms with E-state index in [0.29, 0.717) is 23.9 Å². The molecule has 1 fully saturated rings. The van der Waals surface area contributed by atoms with E-state index >= 15 is 0 Å². The number of nitrogens with zero attached hydrogens (tertiary/aromatic N) is 1. The fraction of sp³-hybridized carbons (Fsp3) is 0.500. The minimum absolute atomic E-state index is 0.410. The molecule has 1 aliphatic heterocycles. The van der Waals surface area contributed by atoms with Crippen molar-refractivity contribution >= 4 is 10.0 Å². The molecule has 0 unspecified atom stereocenters. The van der Waals surface area contributed by atoms with E-state index in [9.17, 15) is 8.42 Å². The molecule has 1 aliphatic rings. The van der Waals surface area contributed by atoms with E-state index in [2.05, 4.69) is 6.58 Å². The molecule has 2 rings (SSSR count). The van der Waals surface area contributed by atoms with Crippen LogP contribution >= 0.6 is 0 Å². The maximum Gasteiger partial charge on any atom is 0.243 e. The molecule has 4 heteroatoms. The molecule has 0 spiro atoms. The summed E-state index contributed by atoms with van der Waals surface area (Å²) in [6.07, 6.45) is 6.00. The van der Waals surface area contributed by atoms with Gasteiger partial charge >= 0.3 is 0 Å². The summed E-state index contributed by atoms with van der Waals surface area (Å²) in [7, 11) is -3.31. The highest BCUT2D eigenvalue weighted by Gasteiger charge is 2.28. The Balaban J connectivity index is 2.02. The number of sulfonamides is 1. The molecule has 0 amide bonds. The van der Waals surface area contributed by atoms with Gasteiger partial charge in [0.15, 0.2) is 0 Å². The highest BCUT2D eigenvalue weighted by Crippen LogP contribution is 2.26. The van der Waals surface area contributed by atoms with Crippen LogP contribution in [0.5, 0.6) is 0 Å². The van der Waals surface area contributed by atoms with Gasteiger partial charge in [0.05, 0.1) is 4.90 Å². The quantitative estimate of drug-likeness (QED) is 0.781. The molecule has 0 N–H and O–H groups in total. The van der Waals surface area contributed by atoms with Crippen LogP contribution in [0.2, 0.25) is 0 Å². The van der Waals surface area contributed by atoms with Crippen LogP contribution in [-0.4, -0.2) is 25.8 Å². The predicted molar refractivity (Wildman–Crippen MR) is 82.1 cm³/mol. The highest BCUT2D eigenvalue weighted by molar-refractivity contribution is 7.89. The van der Waals surface area contributed by atoms with Gasteiger partial charge in [0.2, 0.25) is 10.0 Å². The Morgan fingerprint density at radius 2 is 1.85 bits per heavy atom. The second-order valence-corrected chi connectivity index (χ2v) is 7.46. The Morgan fingerprint density at radius 3 is 2.40 bits per heavy atom. The molecule has 0 atom stereocenters. The molecule has 0 saturated carbocycles. The Labute approximate surface area is 122 Å². The Bertz CT molecular complexity index is 540. The first-order valence-electron chi connectivity index (χ1n) is 7.22. The lowest BCUT2D eigenvalue weighted by Gasteiger charge is -2.31. The minimum Gasteiger partial charge on any atom is -0.207 e. The first-order chi connectivity index (χ1) is 9.54. The molecular formula is C16H23NO2S. The smallest absolute Gasteiger partial charge is 0.207 e. The number of piperidine rings is 1.